The van der Waals surface area contributed by atoms with Gasteiger partial charge in [-0.05, 0) is 48.9 Å². The first-order chi connectivity index (χ1) is 26.0. The van der Waals surface area contributed by atoms with Gasteiger partial charge in [-0.2, -0.15) is 5.10 Å². The smallest absolute Gasteiger partial charge is 0.324 e. The highest BCUT2D eigenvalue weighted by Gasteiger charge is 2.31. The quantitative estimate of drug-likeness (QED) is 0.123. The lowest BCUT2D eigenvalue weighted by molar-refractivity contribution is 0.0265. The summed E-state index contributed by atoms with van der Waals surface area (Å²) in [6.45, 7) is 10.5. The molecule has 0 spiro atoms. The van der Waals surface area contributed by atoms with Crippen molar-refractivity contribution in [1.82, 2.24) is 29.6 Å². The second-order valence-corrected chi connectivity index (χ2v) is 14.4. The number of amides is 3. The van der Waals surface area contributed by atoms with Crippen molar-refractivity contribution in [3.05, 3.63) is 120 Å². The Balaban J connectivity index is 1.00. The fourth-order valence-electron chi connectivity index (χ4n) is 6.16. The summed E-state index contributed by atoms with van der Waals surface area (Å²) in [5, 5.41) is 15.7. The average Bonchev–Trinajstić information content (AvgIpc) is 3.57. The van der Waals surface area contributed by atoms with E-state index in [4.69, 9.17) is 14.6 Å². The summed E-state index contributed by atoms with van der Waals surface area (Å²) >= 11 is 0. The maximum atomic E-state index is 13.5. The van der Waals surface area contributed by atoms with Gasteiger partial charge in [-0.15, -0.1) is 0 Å². The summed E-state index contributed by atoms with van der Waals surface area (Å²) in [6, 6.07) is 24.7. The predicted octanol–water partition coefficient (Wildman–Crippen LogP) is 7.50. The van der Waals surface area contributed by atoms with Gasteiger partial charge in [0.25, 0.3) is 5.91 Å². The Hall–Kier alpha value is -6.34. The van der Waals surface area contributed by atoms with Gasteiger partial charge in [0.2, 0.25) is 0 Å². The molecule has 1 aliphatic rings. The van der Waals surface area contributed by atoms with Crippen LogP contribution in [-0.2, 0) is 16.8 Å². The molecule has 1 fully saturated rings. The van der Waals surface area contributed by atoms with Crippen LogP contribution in [0, 0.1) is 12.8 Å². The van der Waals surface area contributed by atoms with E-state index in [2.05, 4.69) is 51.7 Å². The Kier molecular flexibility index (Phi) is 10.2. The fourth-order valence-corrected chi connectivity index (χ4v) is 6.16. The van der Waals surface area contributed by atoms with Gasteiger partial charge >= 0.3 is 6.03 Å². The molecule has 13 nitrogen and oxygen atoms in total. The van der Waals surface area contributed by atoms with Crippen LogP contribution in [0.1, 0.15) is 48.1 Å². The van der Waals surface area contributed by atoms with Crippen LogP contribution in [0.25, 0.3) is 16.5 Å². The first-order valence-corrected chi connectivity index (χ1v) is 17.8. The Bertz CT molecular complexity index is 2280. The monoisotopic (exact) mass is 725 g/mol. The summed E-state index contributed by atoms with van der Waals surface area (Å²) in [5.41, 5.74) is 4.44. The maximum absolute atomic E-state index is 13.5. The van der Waals surface area contributed by atoms with Gasteiger partial charge < -0.3 is 25.0 Å². The number of carbonyl (C=O) groups excluding carboxylic acids is 2. The van der Waals surface area contributed by atoms with Crippen molar-refractivity contribution in [3.63, 3.8) is 0 Å². The standard InChI is InChI=1S/C41H43N9O4/c1-26-10-12-29(13-11-26)50-38(19-35(48-50)41(2,3)4)47-40(52)45-32-14-15-34(31-9-7-6-8-30(31)32)54-25-27-16-17-42-36(18-27)46-37-21-43-33(20-44-37)39(51)49-22-28(23-49)24-53-5/h6-21,28H,22-25H2,1-5H3,(H,42,44,46)(H2,45,47,52). The van der Waals surface area contributed by atoms with Crippen molar-refractivity contribution in [3.8, 4) is 11.4 Å². The summed E-state index contributed by atoms with van der Waals surface area (Å²) in [7, 11) is 1.66. The summed E-state index contributed by atoms with van der Waals surface area (Å²) in [5.74, 6) is 2.47. The van der Waals surface area contributed by atoms with E-state index in [1.807, 2.05) is 85.8 Å². The number of ether oxygens (including phenoxy) is 2. The molecule has 3 aromatic carbocycles. The van der Waals surface area contributed by atoms with Gasteiger partial charge in [0.05, 0.1) is 36.1 Å². The van der Waals surface area contributed by atoms with Crippen LogP contribution >= 0.6 is 0 Å². The molecule has 0 bridgehead atoms. The topological polar surface area (TPSA) is 148 Å². The molecule has 13 heteroatoms. The Morgan fingerprint density at radius 1 is 0.870 bits per heavy atom. The number of aromatic nitrogens is 5. The number of anilines is 4. The lowest BCUT2D eigenvalue weighted by Gasteiger charge is -2.38. The molecule has 54 heavy (non-hydrogen) atoms. The Morgan fingerprint density at radius 3 is 2.37 bits per heavy atom. The summed E-state index contributed by atoms with van der Waals surface area (Å²) in [4.78, 5) is 41.0. The largest absolute Gasteiger partial charge is 0.488 e. The van der Waals surface area contributed by atoms with Gasteiger partial charge in [-0.1, -0.05) is 62.7 Å². The molecule has 3 N–H and O–H groups in total. The highest BCUT2D eigenvalue weighted by Crippen LogP contribution is 2.33. The maximum Gasteiger partial charge on any atom is 0.324 e. The average molecular weight is 726 g/mol. The van der Waals surface area contributed by atoms with E-state index in [1.165, 1.54) is 12.4 Å². The number of hydrogen-bond acceptors (Lipinski definition) is 9. The minimum absolute atomic E-state index is 0.143. The van der Waals surface area contributed by atoms with E-state index in [-0.39, 0.29) is 17.9 Å². The van der Waals surface area contributed by atoms with Crippen molar-refractivity contribution in [1.29, 1.82) is 0 Å². The molecule has 3 amide bonds. The number of urea groups is 1. The van der Waals surface area contributed by atoms with Gasteiger partial charge in [0.1, 0.15) is 35.5 Å². The Morgan fingerprint density at radius 2 is 1.65 bits per heavy atom. The molecule has 0 saturated carbocycles. The van der Waals surface area contributed by atoms with E-state index in [0.717, 1.165) is 33.3 Å². The molecular weight excluding hydrogens is 683 g/mol. The van der Waals surface area contributed by atoms with Crippen molar-refractivity contribution in [2.75, 3.05) is 42.8 Å². The number of rotatable bonds is 11. The highest BCUT2D eigenvalue weighted by molar-refractivity contribution is 6.07. The van der Waals surface area contributed by atoms with E-state index < -0.39 is 6.03 Å². The number of pyridine rings is 1. The zero-order valence-electron chi connectivity index (χ0n) is 31.0. The highest BCUT2D eigenvalue weighted by atomic mass is 16.5. The molecule has 0 aliphatic carbocycles. The third-order valence-electron chi connectivity index (χ3n) is 9.12. The van der Waals surface area contributed by atoms with Crippen LogP contribution in [0.15, 0.2) is 97.5 Å². The van der Waals surface area contributed by atoms with E-state index in [0.29, 0.717) is 60.2 Å². The molecule has 1 saturated heterocycles. The van der Waals surface area contributed by atoms with Gasteiger partial charge in [-0.25, -0.2) is 24.4 Å². The number of nitrogens with zero attached hydrogens (tertiary/aromatic N) is 6. The van der Waals surface area contributed by atoms with Crippen molar-refractivity contribution in [2.24, 2.45) is 5.92 Å². The Labute approximate surface area is 313 Å². The van der Waals surface area contributed by atoms with Crippen LogP contribution in [0.2, 0.25) is 0 Å². The minimum atomic E-state index is -0.391. The van der Waals surface area contributed by atoms with Gasteiger partial charge in [-0.3, -0.25) is 10.1 Å². The van der Waals surface area contributed by atoms with Crippen LogP contribution in [0.3, 0.4) is 0 Å². The SMILES string of the molecule is COCC1CN(C(=O)c2cnc(Nc3cc(COc4ccc(NC(=O)Nc5cc(C(C)(C)C)nn5-c5ccc(C)cc5)c5ccccc45)ccn3)cn2)C1. The minimum Gasteiger partial charge on any atom is -0.488 e. The molecule has 0 atom stereocenters. The molecular formula is C41H43N9O4. The first-order valence-electron chi connectivity index (χ1n) is 17.8. The van der Waals surface area contributed by atoms with Crippen LogP contribution < -0.4 is 20.7 Å². The lowest BCUT2D eigenvalue weighted by Crippen LogP contribution is -2.51. The van der Waals surface area contributed by atoms with Crippen LogP contribution in [-0.4, -0.2) is 68.4 Å². The van der Waals surface area contributed by atoms with Crippen molar-refractivity contribution in [2.45, 2.75) is 39.7 Å². The van der Waals surface area contributed by atoms with E-state index in [1.54, 1.807) is 22.9 Å². The summed E-state index contributed by atoms with van der Waals surface area (Å²) < 4.78 is 13.2. The molecule has 0 radical (unpaired) electrons. The van der Waals surface area contributed by atoms with Crippen molar-refractivity contribution >= 4 is 45.9 Å². The molecule has 7 rings (SSSR count). The number of hydrogen-bond donors (Lipinski definition) is 3. The van der Waals surface area contributed by atoms with Crippen LogP contribution in [0.5, 0.6) is 5.75 Å². The molecule has 1 aliphatic heterocycles. The number of likely N-dealkylation sites (tertiary alicyclic amines) is 1. The second kappa shape index (κ2) is 15.3. The molecule has 276 valence electrons. The zero-order chi connectivity index (χ0) is 37.8. The number of carbonyl (C=O) groups is 2. The molecule has 6 aromatic rings. The zero-order valence-corrected chi connectivity index (χ0v) is 31.0. The third kappa shape index (κ3) is 8.16. The first kappa shape index (κ1) is 36.0. The number of methoxy groups -OCH3 is 1. The number of aryl methyl sites for hydroxylation is 1. The molecule has 3 aromatic heterocycles. The molecule has 0 unspecified atom stereocenters. The number of nitrogens with one attached hydrogen (secondary N) is 3. The van der Waals surface area contributed by atoms with Crippen molar-refractivity contribution < 1.29 is 19.1 Å². The second-order valence-electron chi connectivity index (χ2n) is 14.4. The van der Waals surface area contributed by atoms with Crippen LogP contribution in [0.4, 0.5) is 27.9 Å². The molecule has 4 heterocycles. The predicted molar refractivity (Wildman–Crippen MR) is 209 cm³/mol. The number of benzene rings is 3. The van der Waals surface area contributed by atoms with E-state index in [9.17, 15) is 9.59 Å². The number of fused-ring (bicyclic) bond motifs is 1. The van der Waals surface area contributed by atoms with Gasteiger partial charge in [0.15, 0.2) is 0 Å². The normalized spacial score (nSPS) is 13.0. The summed E-state index contributed by atoms with van der Waals surface area (Å²) in [6.07, 6.45) is 4.68. The van der Waals surface area contributed by atoms with E-state index >= 15 is 0 Å². The van der Waals surface area contributed by atoms with Gasteiger partial charge in [0, 0.05) is 54.6 Å². The fraction of sp³-hybridized carbons (Fsp3) is 0.268. The third-order valence-corrected chi connectivity index (χ3v) is 9.12. The lowest BCUT2D eigenvalue weighted by atomic mass is 9.92.